The van der Waals surface area contributed by atoms with Crippen LogP contribution in [0, 0.1) is 5.41 Å². The number of ether oxygens (including phenoxy) is 1. The van der Waals surface area contributed by atoms with Crippen molar-refractivity contribution in [1.29, 1.82) is 0 Å². The second kappa shape index (κ2) is 5.21. The van der Waals surface area contributed by atoms with Crippen molar-refractivity contribution < 1.29 is 9.26 Å². The fourth-order valence-corrected chi connectivity index (χ4v) is 1.91. The quantitative estimate of drug-likeness (QED) is 0.886. The summed E-state index contributed by atoms with van der Waals surface area (Å²) in [6.45, 7) is 8.73. The number of hydrogen-bond acceptors (Lipinski definition) is 5. The Bertz CT molecular complexity index is 417. The third-order valence-electron chi connectivity index (χ3n) is 3.33. The molecule has 1 aromatic heterocycles. The number of nitrogens with zero attached hydrogens (tertiary/aromatic N) is 2. The van der Waals surface area contributed by atoms with Gasteiger partial charge in [-0.15, -0.1) is 0 Å². The SMILES string of the molecule is CC(C)(C)Cc1nc(C(C)(N)COC2CCC2)no1. The van der Waals surface area contributed by atoms with Crippen LogP contribution >= 0.6 is 0 Å². The molecule has 2 N–H and O–H groups in total. The zero-order valence-electron chi connectivity index (χ0n) is 12.4. The first-order valence-corrected chi connectivity index (χ1v) is 7.00. The fraction of sp³-hybridized carbons (Fsp3) is 0.857. The zero-order chi connectivity index (χ0) is 14.1. The van der Waals surface area contributed by atoms with E-state index in [-0.39, 0.29) is 5.41 Å². The van der Waals surface area contributed by atoms with E-state index in [2.05, 4.69) is 30.9 Å². The lowest BCUT2D eigenvalue weighted by atomic mass is 9.92. The maximum absolute atomic E-state index is 6.23. The highest BCUT2D eigenvalue weighted by Gasteiger charge is 2.31. The molecule has 1 saturated carbocycles. The summed E-state index contributed by atoms with van der Waals surface area (Å²) in [7, 11) is 0. The van der Waals surface area contributed by atoms with Crippen LogP contribution in [0.25, 0.3) is 0 Å². The molecule has 2 rings (SSSR count). The van der Waals surface area contributed by atoms with E-state index in [0.717, 1.165) is 19.3 Å². The number of nitrogens with two attached hydrogens (primary N) is 1. The van der Waals surface area contributed by atoms with E-state index in [4.69, 9.17) is 15.0 Å². The van der Waals surface area contributed by atoms with Crippen LogP contribution in [0.3, 0.4) is 0 Å². The van der Waals surface area contributed by atoms with Crippen LogP contribution in [-0.4, -0.2) is 22.9 Å². The van der Waals surface area contributed by atoms with Gasteiger partial charge in [0.1, 0.15) is 5.54 Å². The molecule has 1 aliphatic rings. The molecular weight excluding hydrogens is 242 g/mol. The summed E-state index contributed by atoms with van der Waals surface area (Å²) < 4.78 is 11.0. The van der Waals surface area contributed by atoms with Gasteiger partial charge in [-0.25, -0.2) is 0 Å². The third kappa shape index (κ3) is 4.01. The molecule has 0 spiro atoms. The van der Waals surface area contributed by atoms with Gasteiger partial charge in [-0.05, 0) is 31.6 Å². The molecule has 0 aliphatic heterocycles. The third-order valence-corrected chi connectivity index (χ3v) is 3.33. The van der Waals surface area contributed by atoms with Crippen molar-refractivity contribution in [1.82, 2.24) is 10.1 Å². The molecule has 1 aromatic rings. The van der Waals surface area contributed by atoms with Crippen molar-refractivity contribution in [2.24, 2.45) is 11.1 Å². The topological polar surface area (TPSA) is 74.2 Å². The van der Waals surface area contributed by atoms with Crippen molar-refractivity contribution in [3.8, 4) is 0 Å². The fourth-order valence-electron chi connectivity index (χ4n) is 1.91. The Labute approximate surface area is 114 Å². The van der Waals surface area contributed by atoms with Crippen LogP contribution in [0.5, 0.6) is 0 Å². The largest absolute Gasteiger partial charge is 0.376 e. The molecule has 0 aromatic carbocycles. The van der Waals surface area contributed by atoms with Crippen LogP contribution in [-0.2, 0) is 16.7 Å². The monoisotopic (exact) mass is 267 g/mol. The Morgan fingerprint density at radius 1 is 1.32 bits per heavy atom. The summed E-state index contributed by atoms with van der Waals surface area (Å²) in [5, 5.41) is 4.00. The van der Waals surface area contributed by atoms with Gasteiger partial charge in [0.25, 0.3) is 0 Å². The minimum Gasteiger partial charge on any atom is -0.376 e. The second-order valence-corrected chi connectivity index (χ2v) is 7.03. The lowest BCUT2D eigenvalue weighted by Gasteiger charge is -2.29. The molecule has 108 valence electrons. The van der Waals surface area contributed by atoms with E-state index in [1.807, 2.05) is 6.92 Å². The van der Waals surface area contributed by atoms with Gasteiger partial charge in [-0.1, -0.05) is 25.9 Å². The number of rotatable bonds is 5. The minimum atomic E-state index is -0.685. The van der Waals surface area contributed by atoms with Crippen molar-refractivity contribution in [3.63, 3.8) is 0 Å². The van der Waals surface area contributed by atoms with Crippen LogP contribution < -0.4 is 5.73 Å². The molecule has 1 unspecified atom stereocenters. The Morgan fingerprint density at radius 2 is 2.00 bits per heavy atom. The first-order valence-electron chi connectivity index (χ1n) is 7.00. The Morgan fingerprint density at radius 3 is 2.53 bits per heavy atom. The standard InChI is InChI=1S/C14H25N3O2/c1-13(2,3)8-11-16-12(17-19-11)14(4,15)9-18-10-6-5-7-10/h10H,5-9,15H2,1-4H3. The first-order chi connectivity index (χ1) is 8.76. The Kier molecular flexibility index (Phi) is 3.97. The summed E-state index contributed by atoms with van der Waals surface area (Å²) in [4.78, 5) is 4.41. The number of aromatic nitrogens is 2. The van der Waals surface area contributed by atoms with E-state index in [1.54, 1.807) is 0 Å². The molecule has 0 radical (unpaired) electrons. The molecule has 1 heterocycles. The summed E-state index contributed by atoms with van der Waals surface area (Å²) in [5.41, 5.74) is 5.67. The van der Waals surface area contributed by atoms with Crippen molar-refractivity contribution >= 4 is 0 Å². The Balaban J connectivity index is 1.95. The van der Waals surface area contributed by atoms with Crippen molar-refractivity contribution in [2.45, 2.75) is 65.0 Å². The van der Waals surface area contributed by atoms with E-state index >= 15 is 0 Å². The summed E-state index contributed by atoms with van der Waals surface area (Å²) >= 11 is 0. The average molecular weight is 267 g/mol. The van der Waals surface area contributed by atoms with Crippen LogP contribution in [0.1, 0.15) is 58.7 Å². The second-order valence-electron chi connectivity index (χ2n) is 7.03. The van der Waals surface area contributed by atoms with Gasteiger partial charge in [0.2, 0.25) is 5.89 Å². The van der Waals surface area contributed by atoms with Gasteiger partial charge >= 0.3 is 0 Å². The highest BCUT2D eigenvalue weighted by atomic mass is 16.5. The predicted molar refractivity (Wildman–Crippen MR) is 72.6 cm³/mol. The molecule has 0 amide bonds. The molecule has 0 bridgehead atoms. The minimum absolute atomic E-state index is 0.122. The molecular formula is C14H25N3O2. The summed E-state index contributed by atoms with van der Waals surface area (Å²) in [5.74, 6) is 1.17. The van der Waals surface area contributed by atoms with Crippen LogP contribution in [0.15, 0.2) is 4.52 Å². The van der Waals surface area contributed by atoms with Gasteiger partial charge in [0.15, 0.2) is 5.82 Å². The normalized spacial score (nSPS) is 20.1. The van der Waals surface area contributed by atoms with E-state index in [1.165, 1.54) is 6.42 Å². The van der Waals surface area contributed by atoms with E-state index in [0.29, 0.717) is 24.4 Å². The first kappa shape index (κ1) is 14.5. The van der Waals surface area contributed by atoms with Crippen LogP contribution in [0.4, 0.5) is 0 Å². The predicted octanol–water partition coefficient (Wildman–Crippen LogP) is 2.40. The number of hydrogen-bond donors (Lipinski definition) is 1. The van der Waals surface area contributed by atoms with Crippen molar-refractivity contribution in [2.75, 3.05) is 6.61 Å². The maximum atomic E-state index is 6.23. The maximum Gasteiger partial charge on any atom is 0.227 e. The highest BCUT2D eigenvalue weighted by Crippen LogP contribution is 2.25. The molecule has 1 aliphatic carbocycles. The summed E-state index contributed by atoms with van der Waals surface area (Å²) in [6, 6.07) is 0. The molecule has 5 heteroatoms. The van der Waals surface area contributed by atoms with Gasteiger partial charge in [0, 0.05) is 6.42 Å². The van der Waals surface area contributed by atoms with E-state index in [9.17, 15) is 0 Å². The molecule has 0 saturated heterocycles. The molecule has 1 atom stereocenters. The average Bonchev–Trinajstić information content (AvgIpc) is 2.61. The van der Waals surface area contributed by atoms with Crippen molar-refractivity contribution in [3.05, 3.63) is 11.7 Å². The smallest absolute Gasteiger partial charge is 0.227 e. The molecule has 5 nitrogen and oxygen atoms in total. The van der Waals surface area contributed by atoms with Gasteiger partial charge in [0.05, 0.1) is 12.7 Å². The van der Waals surface area contributed by atoms with Gasteiger partial charge in [-0.3, -0.25) is 0 Å². The van der Waals surface area contributed by atoms with Gasteiger partial charge < -0.3 is 15.0 Å². The molecule has 19 heavy (non-hydrogen) atoms. The lowest BCUT2D eigenvalue weighted by Crippen LogP contribution is -2.41. The summed E-state index contributed by atoms with van der Waals surface area (Å²) in [6.07, 6.45) is 4.64. The zero-order valence-corrected chi connectivity index (χ0v) is 12.4. The highest BCUT2D eigenvalue weighted by molar-refractivity contribution is 5.02. The van der Waals surface area contributed by atoms with Crippen LogP contribution in [0.2, 0.25) is 0 Å². The lowest BCUT2D eigenvalue weighted by molar-refractivity contribution is -0.0222. The van der Waals surface area contributed by atoms with E-state index < -0.39 is 5.54 Å². The van der Waals surface area contributed by atoms with Gasteiger partial charge in [-0.2, -0.15) is 4.98 Å². The Hall–Kier alpha value is -0.940. The molecule has 1 fully saturated rings.